The molecule has 0 bridgehead atoms. The first-order valence-corrected chi connectivity index (χ1v) is 4.15. The minimum Gasteiger partial charge on any atom is -0.445 e. The number of rotatable bonds is 2. The average Bonchev–Trinajstić information content (AvgIpc) is 2.07. The predicted molar refractivity (Wildman–Crippen MR) is 52.2 cm³/mol. The Hall–Kier alpha value is -1.17. The molecule has 0 spiro atoms. The first-order valence-electron chi connectivity index (χ1n) is 4.15. The number of nitrogens with two attached hydrogens (primary N) is 2. The monoisotopic (exact) mass is 203 g/mol. The normalized spacial score (nSPS) is 11.8. The third-order valence-electron chi connectivity index (χ3n) is 2.14. The van der Waals surface area contributed by atoms with E-state index in [4.69, 9.17) is 11.5 Å². The lowest BCUT2D eigenvalue weighted by Gasteiger charge is -2.20. The number of nitrogen functional groups attached to an aromatic ring is 1. The molecule has 1 aromatic carbocycles. The summed E-state index contributed by atoms with van der Waals surface area (Å²) in [6.45, 7) is -3.59. The first kappa shape index (κ1) is 10.9. The second-order valence-electron chi connectivity index (χ2n) is 3.18. The molecular weight excluding hydrogens is 192 g/mol. The second kappa shape index (κ2) is 3.53. The Morgan fingerprint density at radius 1 is 1.29 bits per heavy atom. The summed E-state index contributed by atoms with van der Waals surface area (Å²) in [5, 5.41) is 0. The molecule has 0 radical (unpaired) electrons. The molecule has 0 saturated heterocycles. The van der Waals surface area contributed by atoms with Gasteiger partial charge in [0.2, 0.25) is 0 Å². The van der Waals surface area contributed by atoms with Crippen LogP contribution in [0.4, 0.5) is 18.6 Å². The molecule has 0 aliphatic rings. The highest BCUT2D eigenvalue weighted by Gasteiger charge is 2.28. The van der Waals surface area contributed by atoms with Crippen molar-refractivity contribution in [2.24, 2.45) is 5.73 Å². The van der Waals surface area contributed by atoms with Crippen LogP contribution in [0.5, 0.6) is 0 Å². The Bertz CT molecular complexity index is 349. The van der Waals surface area contributed by atoms with Crippen molar-refractivity contribution in [2.75, 3.05) is 5.73 Å². The lowest BCUT2D eigenvalue weighted by Crippen LogP contribution is -2.37. The molecule has 0 fully saturated rings. The van der Waals surface area contributed by atoms with E-state index in [0.717, 1.165) is 6.07 Å². The van der Waals surface area contributed by atoms with E-state index in [0.29, 0.717) is 5.56 Å². The number of hydrogen-bond donors (Lipinski definition) is 2. The Balaban J connectivity index is 3.35. The van der Waals surface area contributed by atoms with Crippen LogP contribution >= 0.6 is 0 Å². The van der Waals surface area contributed by atoms with Gasteiger partial charge >= 0.3 is 6.98 Å². The van der Waals surface area contributed by atoms with Crippen LogP contribution in [0.3, 0.4) is 0 Å². The fourth-order valence-electron chi connectivity index (χ4n) is 1.28. The van der Waals surface area contributed by atoms with E-state index in [2.05, 4.69) is 0 Å². The molecular formula is C8H11BF3N2-. The van der Waals surface area contributed by atoms with E-state index >= 15 is 0 Å². The van der Waals surface area contributed by atoms with Crippen molar-refractivity contribution in [1.29, 1.82) is 0 Å². The maximum absolute atomic E-state index is 12.5. The Labute approximate surface area is 80.1 Å². The molecule has 0 aromatic heterocycles. The minimum absolute atomic E-state index is 0.0592. The third-order valence-corrected chi connectivity index (χ3v) is 2.14. The first-order chi connectivity index (χ1) is 6.36. The summed E-state index contributed by atoms with van der Waals surface area (Å²) in [6.07, 6.45) is 0. The van der Waals surface area contributed by atoms with Gasteiger partial charge in [-0.3, -0.25) is 0 Å². The number of halogens is 3. The van der Waals surface area contributed by atoms with Crippen LogP contribution in [0.15, 0.2) is 12.1 Å². The van der Waals surface area contributed by atoms with Gasteiger partial charge in [-0.2, -0.15) is 0 Å². The zero-order valence-corrected chi connectivity index (χ0v) is 7.73. The zero-order chi connectivity index (χ0) is 10.9. The summed E-state index contributed by atoms with van der Waals surface area (Å²) in [5.41, 5.74) is 10.7. The summed E-state index contributed by atoms with van der Waals surface area (Å²) >= 11 is 0. The van der Waals surface area contributed by atoms with Gasteiger partial charge in [-0.05, 0) is 18.6 Å². The highest BCUT2D eigenvalue weighted by molar-refractivity contribution is 6.74. The van der Waals surface area contributed by atoms with Gasteiger partial charge in [-0.1, -0.05) is 11.6 Å². The topological polar surface area (TPSA) is 52.0 Å². The predicted octanol–water partition coefficient (Wildman–Crippen LogP) is 1.09. The van der Waals surface area contributed by atoms with Crippen molar-refractivity contribution in [3.63, 3.8) is 0 Å². The van der Waals surface area contributed by atoms with E-state index in [-0.39, 0.29) is 17.8 Å². The van der Waals surface area contributed by atoms with Crippen LogP contribution < -0.4 is 16.9 Å². The molecule has 0 aliphatic carbocycles. The van der Waals surface area contributed by atoms with Gasteiger partial charge in [-0.25, -0.2) is 0 Å². The molecule has 0 amide bonds. The fraction of sp³-hybridized carbons (Fsp3) is 0.250. The Kier molecular flexibility index (Phi) is 2.75. The van der Waals surface area contributed by atoms with Gasteiger partial charge < -0.3 is 24.4 Å². The number of anilines is 1. The Morgan fingerprint density at radius 2 is 1.86 bits per heavy atom. The van der Waals surface area contributed by atoms with Crippen molar-refractivity contribution in [2.45, 2.75) is 13.5 Å². The standard InChI is InChI=1S/C8H11BF3N2/c1-5-7(9(10,11)12)2-6(4-13)3-8(5)14/h2-3H,4,13-14H2,1H3/q-1. The summed E-state index contributed by atoms with van der Waals surface area (Å²) in [7, 11) is 0. The highest BCUT2D eigenvalue weighted by atomic mass is 19.4. The van der Waals surface area contributed by atoms with Crippen molar-refractivity contribution in [1.82, 2.24) is 0 Å². The summed E-state index contributed by atoms with van der Waals surface area (Å²) in [6, 6.07) is 2.53. The molecule has 0 heterocycles. The molecule has 1 aromatic rings. The molecule has 0 aliphatic heterocycles. The molecule has 2 nitrogen and oxygen atoms in total. The van der Waals surface area contributed by atoms with Crippen molar-refractivity contribution >= 4 is 18.1 Å². The van der Waals surface area contributed by atoms with Gasteiger partial charge in [0.25, 0.3) is 0 Å². The van der Waals surface area contributed by atoms with Gasteiger partial charge in [0.15, 0.2) is 0 Å². The van der Waals surface area contributed by atoms with Crippen LogP contribution in [-0.2, 0) is 6.54 Å². The largest absolute Gasteiger partial charge is 0.509 e. The van der Waals surface area contributed by atoms with E-state index in [1.54, 1.807) is 0 Å². The van der Waals surface area contributed by atoms with Gasteiger partial charge in [0.1, 0.15) is 0 Å². The molecule has 4 N–H and O–H groups in total. The van der Waals surface area contributed by atoms with Crippen LogP contribution in [0.2, 0.25) is 0 Å². The summed E-state index contributed by atoms with van der Waals surface area (Å²) < 4.78 is 37.5. The highest BCUT2D eigenvalue weighted by Crippen LogP contribution is 2.18. The zero-order valence-electron chi connectivity index (χ0n) is 7.73. The molecule has 78 valence electrons. The van der Waals surface area contributed by atoms with E-state index in [1.807, 2.05) is 0 Å². The smallest absolute Gasteiger partial charge is 0.445 e. The van der Waals surface area contributed by atoms with Gasteiger partial charge in [0.05, 0.1) is 0 Å². The van der Waals surface area contributed by atoms with E-state index in [9.17, 15) is 12.9 Å². The quantitative estimate of drug-likeness (QED) is 0.558. The maximum Gasteiger partial charge on any atom is 0.509 e. The van der Waals surface area contributed by atoms with Crippen LogP contribution in [0, 0.1) is 6.92 Å². The third kappa shape index (κ3) is 2.01. The minimum atomic E-state index is -5.01. The van der Waals surface area contributed by atoms with Gasteiger partial charge in [0, 0.05) is 12.2 Å². The van der Waals surface area contributed by atoms with Crippen LogP contribution in [0.1, 0.15) is 11.1 Å². The van der Waals surface area contributed by atoms with E-state index < -0.39 is 12.4 Å². The number of benzene rings is 1. The molecule has 0 atom stereocenters. The van der Waals surface area contributed by atoms with Crippen molar-refractivity contribution < 1.29 is 12.9 Å². The molecule has 1 rings (SSSR count). The average molecular weight is 203 g/mol. The fourth-order valence-corrected chi connectivity index (χ4v) is 1.28. The summed E-state index contributed by atoms with van der Waals surface area (Å²) in [5.74, 6) is 0. The Morgan fingerprint density at radius 3 is 2.29 bits per heavy atom. The van der Waals surface area contributed by atoms with E-state index in [1.165, 1.54) is 13.0 Å². The van der Waals surface area contributed by atoms with Crippen molar-refractivity contribution in [3.8, 4) is 0 Å². The SMILES string of the molecule is Cc1c(N)cc(CN)cc1[B-](F)(F)F. The maximum atomic E-state index is 12.5. The van der Waals surface area contributed by atoms with Crippen LogP contribution in [-0.4, -0.2) is 6.98 Å². The second-order valence-corrected chi connectivity index (χ2v) is 3.18. The molecule has 0 unspecified atom stereocenters. The van der Waals surface area contributed by atoms with Gasteiger partial charge in [-0.15, -0.1) is 5.46 Å². The lowest BCUT2D eigenvalue weighted by atomic mass is 9.76. The molecule has 6 heteroatoms. The summed E-state index contributed by atoms with van der Waals surface area (Å²) in [4.78, 5) is 0. The molecule has 14 heavy (non-hydrogen) atoms. The number of hydrogen-bond acceptors (Lipinski definition) is 2. The van der Waals surface area contributed by atoms with Crippen molar-refractivity contribution in [3.05, 3.63) is 23.3 Å². The lowest BCUT2D eigenvalue weighted by molar-refractivity contribution is 0.500. The van der Waals surface area contributed by atoms with Crippen LogP contribution in [0.25, 0.3) is 0 Å². The molecule has 0 saturated carbocycles.